The number of likely N-dealkylation sites (tertiary alicyclic amines) is 1. The second-order valence-electron chi connectivity index (χ2n) is 9.43. The number of rotatable bonds is 5. The van der Waals surface area contributed by atoms with Crippen molar-refractivity contribution in [3.8, 4) is 5.75 Å². The highest BCUT2D eigenvalue weighted by Crippen LogP contribution is 2.47. The Morgan fingerprint density at radius 2 is 1.74 bits per heavy atom. The minimum absolute atomic E-state index is 0.0122. The third-order valence-corrected chi connectivity index (χ3v) is 7.34. The molecule has 0 N–H and O–H groups in total. The fourth-order valence-corrected chi connectivity index (χ4v) is 5.30. The van der Waals surface area contributed by atoms with E-state index >= 15 is 0 Å². The molecule has 2 heterocycles. The standard InChI is InChI=1S/C28H28ClFN2O2/c1-20-2-11-26-25(16-20)28(12-14-31(15-13-28)17-21-3-7-23(30)8-4-21)19-32(26)27(33)18-34-24-9-5-22(29)6-10-24/h2-11,16H,12-15,17-19H2,1H3. The van der Waals surface area contributed by atoms with E-state index in [9.17, 15) is 9.18 Å². The number of nitrogens with zero attached hydrogens (tertiary/aromatic N) is 2. The second kappa shape index (κ2) is 9.40. The molecule has 176 valence electrons. The van der Waals surface area contributed by atoms with Gasteiger partial charge in [-0.1, -0.05) is 41.4 Å². The molecule has 0 atom stereocenters. The number of hydrogen-bond acceptors (Lipinski definition) is 3. The summed E-state index contributed by atoms with van der Waals surface area (Å²) in [7, 11) is 0. The molecule has 0 unspecified atom stereocenters. The monoisotopic (exact) mass is 478 g/mol. The van der Waals surface area contributed by atoms with E-state index in [1.807, 2.05) is 17.0 Å². The molecule has 3 aromatic carbocycles. The Labute approximate surface area is 204 Å². The van der Waals surface area contributed by atoms with Crippen LogP contribution in [-0.4, -0.2) is 37.0 Å². The maximum Gasteiger partial charge on any atom is 0.264 e. The number of halogens is 2. The Bertz CT molecular complexity index is 1170. The molecular weight excluding hydrogens is 451 g/mol. The molecule has 6 heteroatoms. The molecular formula is C28H28ClFN2O2. The van der Waals surface area contributed by atoms with Crippen molar-refractivity contribution in [2.24, 2.45) is 0 Å². The first-order valence-corrected chi connectivity index (χ1v) is 12.1. The van der Waals surface area contributed by atoms with E-state index in [-0.39, 0.29) is 23.7 Å². The van der Waals surface area contributed by atoms with Crippen LogP contribution in [0, 0.1) is 12.7 Å². The molecule has 0 bridgehead atoms. The van der Waals surface area contributed by atoms with E-state index in [1.165, 1.54) is 23.3 Å². The lowest BCUT2D eigenvalue weighted by Crippen LogP contribution is -2.46. The van der Waals surface area contributed by atoms with Crippen LogP contribution in [0.4, 0.5) is 10.1 Å². The van der Waals surface area contributed by atoms with Crippen molar-refractivity contribution in [2.75, 3.05) is 31.1 Å². The van der Waals surface area contributed by atoms with Crippen molar-refractivity contribution in [1.82, 2.24) is 4.90 Å². The number of carbonyl (C=O) groups excluding carboxylic acids is 1. The number of anilines is 1. The SMILES string of the molecule is Cc1ccc2c(c1)C1(CCN(Cc3ccc(F)cc3)CC1)CN2C(=O)COc1ccc(Cl)cc1. The van der Waals surface area contributed by atoms with E-state index in [1.54, 1.807) is 24.3 Å². The van der Waals surface area contributed by atoms with Crippen molar-refractivity contribution < 1.29 is 13.9 Å². The van der Waals surface area contributed by atoms with Crippen molar-refractivity contribution in [2.45, 2.75) is 31.7 Å². The number of amides is 1. The molecule has 34 heavy (non-hydrogen) atoms. The van der Waals surface area contributed by atoms with E-state index in [2.05, 4.69) is 30.0 Å². The molecule has 0 aliphatic carbocycles. The van der Waals surface area contributed by atoms with Crippen LogP contribution >= 0.6 is 11.6 Å². The van der Waals surface area contributed by atoms with E-state index in [0.717, 1.165) is 43.7 Å². The summed E-state index contributed by atoms with van der Waals surface area (Å²) in [6.45, 7) is 5.46. The number of carbonyl (C=O) groups is 1. The van der Waals surface area contributed by atoms with Gasteiger partial charge in [-0.3, -0.25) is 9.69 Å². The summed E-state index contributed by atoms with van der Waals surface area (Å²) in [5.74, 6) is 0.389. The van der Waals surface area contributed by atoms with Crippen molar-refractivity contribution in [1.29, 1.82) is 0 Å². The molecule has 2 aliphatic heterocycles. The summed E-state index contributed by atoms with van der Waals surface area (Å²) in [5.41, 5.74) is 4.56. The van der Waals surface area contributed by atoms with E-state index in [4.69, 9.17) is 16.3 Å². The number of hydrogen-bond donors (Lipinski definition) is 0. The minimum Gasteiger partial charge on any atom is -0.484 e. The van der Waals surface area contributed by atoms with Crippen LogP contribution in [0.15, 0.2) is 66.7 Å². The molecule has 1 spiro atoms. The normalized spacial score (nSPS) is 17.1. The third-order valence-electron chi connectivity index (χ3n) is 7.08. The van der Waals surface area contributed by atoms with Crippen LogP contribution in [-0.2, 0) is 16.8 Å². The highest BCUT2D eigenvalue weighted by molar-refractivity contribution is 6.30. The van der Waals surface area contributed by atoms with Gasteiger partial charge in [0.25, 0.3) is 5.91 Å². The van der Waals surface area contributed by atoms with Gasteiger partial charge < -0.3 is 9.64 Å². The van der Waals surface area contributed by atoms with Crippen LogP contribution in [0.1, 0.15) is 29.5 Å². The third kappa shape index (κ3) is 4.68. The molecule has 4 nitrogen and oxygen atoms in total. The smallest absolute Gasteiger partial charge is 0.264 e. The maximum atomic E-state index is 13.2. The Kier molecular flexibility index (Phi) is 6.32. The van der Waals surface area contributed by atoms with Gasteiger partial charge >= 0.3 is 0 Å². The van der Waals surface area contributed by atoms with Gasteiger partial charge in [-0.2, -0.15) is 0 Å². The van der Waals surface area contributed by atoms with Crippen LogP contribution in [0.5, 0.6) is 5.75 Å². The Hall–Kier alpha value is -2.89. The maximum absolute atomic E-state index is 13.2. The lowest BCUT2D eigenvalue weighted by atomic mass is 9.74. The summed E-state index contributed by atoms with van der Waals surface area (Å²) < 4.78 is 19.0. The highest BCUT2D eigenvalue weighted by atomic mass is 35.5. The van der Waals surface area contributed by atoms with Crippen molar-refractivity contribution >= 4 is 23.2 Å². The fourth-order valence-electron chi connectivity index (χ4n) is 5.17. The topological polar surface area (TPSA) is 32.8 Å². The molecule has 1 fully saturated rings. The lowest BCUT2D eigenvalue weighted by Gasteiger charge is -2.40. The molecule has 5 rings (SSSR count). The van der Waals surface area contributed by atoms with Gasteiger partial charge in [-0.05, 0) is 86.4 Å². The van der Waals surface area contributed by atoms with E-state index < -0.39 is 0 Å². The van der Waals surface area contributed by atoms with Gasteiger partial charge in [0.05, 0.1) is 0 Å². The Morgan fingerprint density at radius 1 is 1.03 bits per heavy atom. The molecule has 3 aromatic rings. The summed E-state index contributed by atoms with van der Waals surface area (Å²) in [5, 5.41) is 0.634. The summed E-state index contributed by atoms with van der Waals surface area (Å²) >= 11 is 5.94. The number of ether oxygens (including phenoxy) is 1. The van der Waals surface area contributed by atoms with E-state index in [0.29, 0.717) is 17.3 Å². The molecule has 1 saturated heterocycles. The van der Waals surface area contributed by atoms with Crippen molar-refractivity contribution in [3.05, 3.63) is 94.3 Å². The average molecular weight is 479 g/mol. The number of piperidine rings is 1. The molecule has 1 amide bonds. The molecule has 2 aliphatic rings. The van der Waals surface area contributed by atoms with Crippen LogP contribution in [0.25, 0.3) is 0 Å². The van der Waals surface area contributed by atoms with Gasteiger partial charge in [0, 0.05) is 29.2 Å². The predicted octanol–water partition coefficient (Wildman–Crippen LogP) is 5.75. The zero-order chi connectivity index (χ0) is 23.7. The summed E-state index contributed by atoms with van der Waals surface area (Å²) in [4.78, 5) is 17.5. The summed E-state index contributed by atoms with van der Waals surface area (Å²) in [6, 6.07) is 20.2. The zero-order valence-electron chi connectivity index (χ0n) is 19.3. The second-order valence-corrected chi connectivity index (χ2v) is 9.86. The molecule has 0 saturated carbocycles. The number of benzene rings is 3. The fraction of sp³-hybridized carbons (Fsp3) is 0.321. The minimum atomic E-state index is -0.205. The first-order valence-electron chi connectivity index (χ1n) is 11.7. The van der Waals surface area contributed by atoms with Crippen molar-refractivity contribution in [3.63, 3.8) is 0 Å². The predicted molar refractivity (Wildman–Crippen MR) is 133 cm³/mol. The Balaban J connectivity index is 1.29. The van der Waals surface area contributed by atoms with Crippen LogP contribution in [0.3, 0.4) is 0 Å². The number of fused-ring (bicyclic) bond motifs is 2. The first kappa shape index (κ1) is 22.9. The van der Waals surface area contributed by atoms with Gasteiger partial charge in [0.2, 0.25) is 0 Å². The Morgan fingerprint density at radius 3 is 2.44 bits per heavy atom. The van der Waals surface area contributed by atoms with Crippen LogP contribution < -0.4 is 9.64 Å². The quantitative estimate of drug-likeness (QED) is 0.468. The first-order chi connectivity index (χ1) is 16.4. The van der Waals surface area contributed by atoms with Gasteiger partial charge in [-0.25, -0.2) is 4.39 Å². The van der Waals surface area contributed by atoms with Gasteiger partial charge in [0.15, 0.2) is 6.61 Å². The lowest BCUT2D eigenvalue weighted by molar-refractivity contribution is -0.120. The highest BCUT2D eigenvalue weighted by Gasteiger charge is 2.46. The van der Waals surface area contributed by atoms with Gasteiger partial charge in [-0.15, -0.1) is 0 Å². The molecule has 0 aromatic heterocycles. The zero-order valence-corrected chi connectivity index (χ0v) is 20.0. The number of aryl methyl sites for hydroxylation is 1. The largest absolute Gasteiger partial charge is 0.484 e. The average Bonchev–Trinajstić information content (AvgIpc) is 3.15. The van der Waals surface area contributed by atoms with Gasteiger partial charge in [0.1, 0.15) is 11.6 Å². The van der Waals surface area contributed by atoms with Crippen LogP contribution in [0.2, 0.25) is 5.02 Å². The summed E-state index contributed by atoms with van der Waals surface area (Å²) in [6.07, 6.45) is 1.96. The molecule has 0 radical (unpaired) electrons.